The SMILES string of the molecule is CC(=O)[C@H]1CC[C@H]2[C@@H]3C[C@@H](CCCc4ccc(N(C)C)cc4)C4=CC(=O)CCC4=C3CC[C@]12C. The maximum Gasteiger partial charge on any atom is 0.156 e. The van der Waals surface area contributed by atoms with Crippen LogP contribution in [-0.4, -0.2) is 25.7 Å². The molecule has 0 amide bonds. The summed E-state index contributed by atoms with van der Waals surface area (Å²) in [4.78, 5) is 27.0. The zero-order valence-corrected chi connectivity index (χ0v) is 21.5. The van der Waals surface area contributed by atoms with Gasteiger partial charge in [-0.3, -0.25) is 9.59 Å². The number of ketones is 2. The molecule has 4 aliphatic carbocycles. The molecule has 0 unspecified atom stereocenters. The van der Waals surface area contributed by atoms with Gasteiger partial charge >= 0.3 is 0 Å². The Bertz CT molecular complexity index is 1030. The molecule has 5 rings (SSSR count). The predicted octanol–water partition coefficient (Wildman–Crippen LogP) is 6.71. The molecule has 3 heteroatoms. The summed E-state index contributed by atoms with van der Waals surface area (Å²) in [6, 6.07) is 8.94. The molecule has 0 N–H and O–H groups in total. The molecule has 2 fully saturated rings. The molecule has 1 aromatic rings. The van der Waals surface area contributed by atoms with Crippen LogP contribution in [0.3, 0.4) is 0 Å². The van der Waals surface area contributed by atoms with Gasteiger partial charge in [-0.25, -0.2) is 0 Å². The third-order valence-electron chi connectivity index (χ3n) is 9.89. The van der Waals surface area contributed by atoms with Crippen molar-refractivity contribution in [3.63, 3.8) is 0 Å². The van der Waals surface area contributed by atoms with Gasteiger partial charge in [0.2, 0.25) is 0 Å². The highest BCUT2D eigenvalue weighted by atomic mass is 16.1. The second-order valence-electron chi connectivity index (χ2n) is 11.9. The molecular formula is C31H41NO2. The minimum Gasteiger partial charge on any atom is -0.378 e. The molecule has 0 saturated heterocycles. The first-order valence-electron chi connectivity index (χ1n) is 13.5. The van der Waals surface area contributed by atoms with E-state index in [1.807, 2.05) is 13.0 Å². The first-order chi connectivity index (χ1) is 16.3. The van der Waals surface area contributed by atoms with Crippen LogP contribution in [0.5, 0.6) is 0 Å². The number of Topliss-reactive ketones (excluding diaryl/α,β-unsaturated/α-hetero) is 1. The van der Waals surface area contributed by atoms with E-state index in [9.17, 15) is 9.59 Å². The van der Waals surface area contributed by atoms with Crippen molar-refractivity contribution in [2.75, 3.05) is 19.0 Å². The van der Waals surface area contributed by atoms with E-state index in [1.165, 1.54) is 29.7 Å². The average molecular weight is 460 g/mol. The van der Waals surface area contributed by atoms with Crippen molar-refractivity contribution in [2.45, 2.75) is 78.1 Å². The lowest BCUT2D eigenvalue weighted by molar-refractivity contribution is -0.125. The van der Waals surface area contributed by atoms with Gasteiger partial charge in [-0.1, -0.05) is 24.6 Å². The van der Waals surface area contributed by atoms with Crippen molar-refractivity contribution in [3.05, 3.63) is 52.6 Å². The number of allylic oxidation sites excluding steroid dienone is 4. The Labute approximate surface area is 205 Å². The molecule has 0 bridgehead atoms. The summed E-state index contributed by atoms with van der Waals surface area (Å²) in [5, 5.41) is 0. The third kappa shape index (κ3) is 4.10. The van der Waals surface area contributed by atoms with Gasteiger partial charge in [-0.15, -0.1) is 0 Å². The molecule has 34 heavy (non-hydrogen) atoms. The first-order valence-corrected chi connectivity index (χ1v) is 13.5. The Hall–Kier alpha value is -2.16. The molecule has 3 nitrogen and oxygen atoms in total. The Morgan fingerprint density at radius 3 is 2.56 bits per heavy atom. The number of hydrogen-bond acceptors (Lipinski definition) is 3. The largest absolute Gasteiger partial charge is 0.378 e. The number of rotatable bonds is 6. The van der Waals surface area contributed by atoms with Gasteiger partial charge in [-0.05, 0) is 123 Å². The number of anilines is 1. The van der Waals surface area contributed by atoms with Crippen LogP contribution in [0.2, 0.25) is 0 Å². The Balaban J connectivity index is 1.36. The second-order valence-corrected chi connectivity index (χ2v) is 11.9. The summed E-state index contributed by atoms with van der Waals surface area (Å²) in [6.45, 7) is 4.23. The minimum absolute atomic E-state index is 0.172. The van der Waals surface area contributed by atoms with Crippen molar-refractivity contribution in [2.24, 2.45) is 29.1 Å². The van der Waals surface area contributed by atoms with Gasteiger partial charge in [0.05, 0.1) is 0 Å². The standard InChI is InChI=1S/C31H41NO2/c1-20(33)29-14-15-30-28-18-22(7-5-6-21-8-10-23(11-9-21)32(3)4)27-19-24(34)12-13-25(27)26(28)16-17-31(29,30)2/h8-11,19,22,28-30H,5-7,12-18H2,1-4H3/t22-,28-,29-,30+,31-/m1/s1. The van der Waals surface area contributed by atoms with Crippen molar-refractivity contribution in [3.8, 4) is 0 Å². The summed E-state index contributed by atoms with van der Waals surface area (Å²) >= 11 is 0. The van der Waals surface area contributed by atoms with Crippen LogP contribution >= 0.6 is 0 Å². The number of carbonyl (C=O) groups excluding carboxylic acids is 2. The number of hydrogen-bond donors (Lipinski definition) is 0. The van der Waals surface area contributed by atoms with Crippen LogP contribution in [0.15, 0.2) is 47.1 Å². The molecule has 0 spiro atoms. The van der Waals surface area contributed by atoms with Gasteiger partial charge < -0.3 is 4.90 Å². The van der Waals surface area contributed by atoms with E-state index in [0.717, 1.165) is 44.9 Å². The molecule has 0 aliphatic heterocycles. The van der Waals surface area contributed by atoms with E-state index in [-0.39, 0.29) is 11.3 Å². The molecule has 1 aromatic carbocycles. The molecule has 0 aromatic heterocycles. The van der Waals surface area contributed by atoms with E-state index < -0.39 is 0 Å². The van der Waals surface area contributed by atoms with Gasteiger partial charge in [0.25, 0.3) is 0 Å². The third-order valence-corrected chi connectivity index (χ3v) is 9.89. The van der Waals surface area contributed by atoms with Crippen LogP contribution < -0.4 is 4.90 Å². The summed E-state index contributed by atoms with van der Waals surface area (Å²) in [5.41, 5.74) is 7.41. The summed E-state index contributed by atoms with van der Waals surface area (Å²) in [7, 11) is 4.16. The van der Waals surface area contributed by atoms with Crippen LogP contribution in [0.4, 0.5) is 5.69 Å². The fourth-order valence-electron chi connectivity index (χ4n) is 8.12. The topological polar surface area (TPSA) is 37.4 Å². The van der Waals surface area contributed by atoms with Gasteiger partial charge in [0.1, 0.15) is 5.78 Å². The van der Waals surface area contributed by atoms with E-state index in [1.54, 1.807) is 11.1 Å². The first kappa shape index (κ1) is 23.6. The average Bonchev–Trinajstić information content (AvgIpc) is 3.17. The quantitative estimate of drug-likeness (QED) is 0.474. The number of aryl methyl sites for hydroxylation is 1. The molecule has 5 atom stereocenters. The van der Waals surface area contributed by atoms with Crippen molar-refractivity contribution in [1.29, 1.82) is 0 Å². The fraction of sp³-hybridized carbons (Fsp3) is 0.613. The molecular weight excluding hydrogens is 418 g/mol. The zero-order chi connectivity index (χ0) is 24.0. The monoisotopic (exact) mass is 459 g/mol. The highest BCUT2D eigenvalue weighted by Crippen LogP contribution is 2.63. The van der Waals surface area contributed by atoms with Crippen LogP contribution in [0.25, 0.3) is 0 Å². The van der Waals surface area contributed by atoms with Crippen LogP contribution in [0, 0.1) is 29.1 Å². The number of nitrogens with zero attached hydrogens (tertiary/aromatic N) is 1. The summed E-state index contributed by atoms with van der Waals surface area (Å²) in [6.07, 6.45) is 12.8. The van der Waals surface area contributed by atoms with Crippen molar-refractivity contribution < 1.29 is 9.59 Å². The Morgan fingerprint density at radius 1 is 1.09 bits per heavy atom. The molecule has 4 aliphatic rings. The maximum atomic E-state index is 12.5. The van der Waals surface area contributed by atoms with Crippen molar-refractivity contribution in [1.82, 2.24) is 0 Å². The number of fused-ring (bicyclic) bond motifs is 4. The summed E-state index contributed by atoms with van der Waals surface area (Å²) < 4.78 is 0. The lowest BCUT2D eigenvalue weighted by Gasteiger charge is -2.50. The van der Waals surface area contributed by atoms with E-state index in [0.29, 0.717) is 35.7 Å². The molecule has 0 radical (unpaired) electrons. The highest BCUT2D eigenvalue weighted by Gasteiger charge is 2.55. The van der Waals surface area contributed by atoms with E-state index >= 15 is 0 Å². The maximum absolute atomic E-state index is 12.5. The summed E-state index contributed by atoms with van der Waals surface area (Å²) in [5.74, 6) is 2.72. The highest BCUT2D eigenvalue weighted by molar-refractivity contribution is 5.93. The fourth-order valence-corrected chi connectivity index (χ4v) is 8.12. The number of carbonyl (C=O) groups is 2. The van der Waals surface area contributed by atoms with Crippen LogP contribution in [-0.2, 0) is 16.0 Å². The molecule has 182 valence electrons. The molecule has 2 saturated carbocycles. The Kier molecular flexibility index (Phi) is 6.33. The normalized spacial score (nSPS) is 32.6. The van der Waals surface area contributed by atoms with Crippen molar-refractivity contribution >= 4 is 17.3 Å². The smallest absolute Gasteiger partial charge is 0.156 e. The lowest BCUT2D eigenvalue weighted by atomic mass is 9.54. The van der Waals surface area contributed by atoms with E-state index in [2.05, 4.69) is 50.2 Å². The number of benzene rings is 1. The van der Waals surface area contributed by atoms with Gasteiger partial charge in [0.15, 0.2) is 5.78 Å². The van der Waals surface area contributed by atoms with Crippen LogP contribution in [0.1, 0.15) is 77.2 Å². The minimum atomic E-state index is 0.172. The lowest BCUT2D eigenvalue weighted by Crippen LogP contribution is -2.43. The zero-order valence-electron chi connectivity index (χ0n) is 21.5. The second kappa shape index (κ2) is 9.13. The van der Waals surface area contributed by atoms with Gasteiger partial charge in [0, 0.05) is 32.1 Å². The Morgan fingerprint density at radius 2 is 1.85 bits per heavy atom. The van der Waals surface area contributed by atoms with E-state index in [4.69, 9.17) is 0 Å². The van der Waals surface area contributed by atoms with Gasteiger partial charge in [-0.2, -0.15) is 0 Å². The molecule has 0 heterocycles. The predicted molar refractivity (Wildman–Crippen MR) is 139 cm³/mol.